The Morgan fingerprint density at radius 2 is 2.00 bits per heavy atom. The Kier molecular flexibility index (Phi) is 4.62. The molecule has 0 N–H and O–H groups in total. The predicted octanol–water partition coefficient (Wildman–Crippen LogP) is 3.50. The molecule has 4 heterocycles. The number of methoxy groups -OCH3 is 1. The first-order valence-electron chi connectivity index (χ1n) is 9.78. The smallest absolute Gasteiger partial charge is 0.338 e. The standard InChI is InChI=1S/C22H19N3O5S/c1-29-22(26)16-12-17(14-6-3-2-4-7-14)23-21-19(16)20(18-8-5-10-30-18)24-25(21)15-9-11-31(27,28)13-15/h2-8,10,12,15H,9,11,13H2,1H3/t15-/m0/s1. The van der Waals surface area contributed by atoms with Gasteiger partial charge in [-0.1, -0.05) is 30.3 Å². The zero-order chi connectivity index (χ0) is 21.6. The third-order valence-electron chi connectivity index (χ3n) is 5.45. The van der Waals surface area contributed by atoms with E-state index in [2.05, 4.69) is 5.10 Å². The Labute approximate surface area is 178 Å². The summed E-state index contributed by atoms with van der Waals surface area (Å²) >= 11 is 0. The first-order chi connectivity index (χ1) is 15.0. The van der Waals surface area contributed by atoms with Gasteiger partial charge in [-0.3, -0.25) is 0 Å². The van der Waals surface area contributed by atoms with Crippen molar-refractivity contribution in [2.24, 2.45) is 0 Å². The van der Waals surface area contributed by atoms with Gasteiger partial charge in [0.1, 0.15) is 5.69 Å². The maximum absolute atomic E-state index is 12.8. The molecule has 9 heteroatoms. The second-order valence-corrected chi connectivity index (χ2v) is 9.67. The monoisotopic (exact) mass is 437 g/mol. The summed E-state index contributed by atoms with van der Waals surface area (Å²) in [5.41, 5.74) is 2.54. The molecular formula is C22H19N3O5S. The number of esters is 1. The van der Waals surface area contributed by atoms with Crippen LogP contribution in [0.2, 0.25) is 0 Å². The number of carbonyl (C=O) groups is 1. The van der Waals surface area contributed by atoms with Gasteiger partial charge in [0.05, 0.1) is 47.6 Å². The summed E-state index contributed by atoms with van der Waals surface area (Å²) in [4.78, 5) is 17.6. The topological polar surface area (TPSA) is 104 Å². The van der Waals surface area contributed by atoms with Crippen LogP contribution in [0.1, 0.15) is 22.8 Å². The van der Waals surface area contributed by atoms with Gasteiger partial charge in [-0.25, -0.2) is 22.9 Å². The van der Waals surface area contributed by atoms with E-state index in [0.29, 0.717) is 40.2 Å². The fourth-order valence-electron chi connectivity index (χ4n) is 3.97. The lowest BCUT2D eigenvalue weighted by atomic mass is 10.0. The molecule has 0 amide bonds. The van der Waals surface area contributed by atoms with E-state index >= 15 is 0 Å². The van der Waals surface area contributed by atoms with Crippen LogP contribution in [0.4, 0.5) is 0 Å². The second kappa shape index (κ2) is 7.35. The molecule has 0 bridgehead atoms. The average Bonchev–Trinajstić information content (AvgIpc) is 3.51. The molecule has 8 nitrogen and oxygen atoms in total. The molecule has 1 aromatic carbocycles. The van der Waals surface area contributed by atoms with Crippen LogP contribution in [0.15, 0.2) is 59.2 Å². The summed E-state index contributed by atoms with van der Waals surface area (Å²) < 4.78 is 36.5. The summed E-state index contributed by atoms with van der Waals surface area (Å²) in [6.45, 7) is 0. The molecule has 1 aliphatic rings. The van der Waals surface area contributed by atoms with Gasteiger partial charge in [0.2, 0.25) is 0 Å². The van der Waals surface area contributed by atoms with Crippen molar-refractivity contribution >= 4 is 26.8 Å². The van der Waals surface area contributed by atoms with E-state index in [0.717, 1.165) is 5.56 Å². The van der Waals surface area contributed by atoms with Gasteiger partial charge in [-0.05, 0) is 24.6 Å². The van der Waals surface area contributed by atoms with Crippen molar-refractivity contribution in [3.05, 3.63) is 60.4 Å². The molecule has 0 radical (unpaired) electrons. The van der Waals surface area contributed by atoms with E-state index in [-0.39, 0.29) is 17.5 Å². The van der Waals surface area contributed by atoms with Crippen LogP contribution in [-0.4, -0.2) is 47.8 Å². The number of sulfone groups is 1. The van der Waals surface area contributed by atoms with E-state index in [9.17, 15) is 13.2 Å². The third-order valence-corrected chi connectivity index (χ3v) is 7.20. The number of ether oxygens (including phenoxy) is 1. The Morgan fingerprint density at radius 1 is 1.19 bits per heavy atom. The van der Waals surface area contributed by atoms with Crippen LogP contribution >= 0.6 is 0 Å². The number of aromatic nitrogens is 3. The maximum Gasteiger partial charge on any atom is 0.338 e. The number of rotatable bonds is 4. The van der Waals surface area contributed by atoms with Crippen molar-refractivity contribution in [2.45, 2.75) is 12.5 Å². The summed E-state index contributed by atoms with van der Waals surface area (Å²) in [5, 5.41) is 5.16. The minimum atomic E-state index is -3.15. The quantitative estimate of drug-likeness (QED) is 0.450. The normalized spacial score (nSPS) is 17.8. The second-order valence-electron chi connectivity index (χ2n) is 7.44. The molecule has 0 spiro atoms. The molecule has 5 rings (SSSR count). The fourth-order valence-corrected chi connectivity index (χ4v) is 5.66. The van der Waals surface area contributed by atoms with Crippen molar-refractivity contribution in [3.8, 4) is 22.7 Å². The Morgan fingerprint density at radius 3 is 2.65 bits per heavy atom. The lowest BCUT2D eigenvalue weighted by Gasteiger charge is -2.11. The number of pyridine rings is 1. The summed E-state index contributed by atoms with van der Waals surface area (Å²) in [5.74, 6) is 0.00349. The lowest BCUT2D eigenvalue weighted by molar-refractivity contribution is 0.0603. The molecule has 158 valence electrons. The zero-order valence-electron chi connectivity index (χ0n) is 16.7. The van der Waals surface area contributed by atoms with Crippen LogP contribution in [0, 0.1) is 0 Å². The van der Waals surface area contributed by atoms with E-state index < -0.39 is 15.8 Å². The molecule has 4 aromatic rings. The third kappa shape index (κ3) is 3.40. The molecule has 3 aromatic heterocycles. The Bertz CT molecular complexity index is 1380. The van der Waals surface area contributed by atoms with Gasteiger partial charge in [-0.2, -0.15) is 5.10 Å². The van der Waals surface area contributed by atoms with Crippen LogP contribution < -0.4 is 0 Å². The van der Waals surface area contributed by atoms with E-state index in [1.165, 1.54) is 13.4 Å². The van der Waals surface area contributed by atoms with Crippen LogP contribution in [-0.2, 0) is 14.6 Å². The molecule has 1 atom stereocenters. The maximum atomic E-state index is 12.8. The number of hydrogen-bond donors (Lipinski definition) is 0. The van der Waals surface area contributed by atoms with E-state index in [1.807, 2.05) is 30.3 Å². The Balaban J connectivity index is 1.83. The van der Waals surface area contributed by atoms with Crippen LogP contribution in [0.5, 0.6) is 0 Å². The highest BCUT2D eigenvalue weighted by atomic mass is 32.2. The molecule has 0 aliphatic carbocycles. The number of nitrogens with zero attached hydrogens (tertiary/aromatic N) is 3. The Hall–Kier alpha value is -3.46. The number of carbonyl (C=O) groups excluding carboxylic acids is 1. The summed E-state index contributed by atoms with van der Waals surface area (Å²) in [6.07, 6.45) is 1.95. The van der Waals surface area contributed by atoms with Crippen molar-refractivity contribution in [1.82, 2.24) is 14.8 Å². The number of benzene rings is 1. The SMILES string of the molecule is COC(=O)c1cc(-c2ccccc2)nc2c1c(-c1ccco1)nn2[C@H]1CCS(=O)(=O)C1. The number of furan rings is 1. The van der Waals surface area contributed by atoms with E-state index in [1.54, 1.807) is 22.9 Å². The van der Waals surface area contributed by atoms with Crippen LogP contribution in [0.25, 0.3) is 33.7 Å². The van der Waals surface area contributed by atoms with Gasteiger partial charge in [0.25, 0.3) is 0 Å². The predicted molar refractivity (Wildman–Crippen MR) is 114 cm³/mol. The fraction of sp³-hybridized carbons (Fsp3) is 0.227. The van der Waals surface area contributed by atoms with Crippen molar-refractivity contribution in [1.29, 1.82) is 0 Å². The molecule has 1 fully saturated rings. The summed E-state index contributed by atoms with van der Waals surface area (Å²) in [7, 11) is -1.84. The van der Waals surface area contributed by atoms with Gasteiger partial charge in [-0.15, -0.1) is 0 Å². The summed E-state index contributed by atoms with van der Waals surface area (Å²) in [6, 6.07) is 14.2. The minimum absolute atomic E-state index is 0.0216. The molecule has 0 saturated carbocycles. The first kappa shape index (κ1) is 19.5. The highest BCUT2D eigenvalue weighted by molar-refractivity contribution is 7.91. The van der Waals surface area contributed by atoms with Gasteiger partial charge in [0, 0.05) is 5.56 Å². The van der Waals surface area contributed by atoms with Crippen molar-refractivity contribution < 1.29 is 22.4 Å². The minimum Gasteiger partial charge on any atom is -0.465 e. The van der Waals surface area contributed by atoms with E-state index in [4.69, 9.17) is 14.1 Å². The highest BCUT2D eigenvalue weighted by Crippen LogP contribution is 2.36. The highest BCUT2D eigenvalue weighted by Gasteiger charge is 2.33. The van der Waals surface area contributed by atoms with Crippen LogP contribution in [0.3, 0.4) is 0 Å². The molecule has 31 heavy (non-hydrogen) atoms. The lowest BCUT2D eigenvalue weighted by Crippen LogP contribution is -2.13. The largest absolute Gasteiger partial charge is 0.465 e. The van der Waals surface area contributed by atoms with Crippen molar-refractivity contribution in [2.75, 3.05) is 18.6 Å². The van der Waals surface area contributed by atoms with Gasteiger partial charge in [0.15, 0.2) is 21.2 Å². The average molecular weight is 437 g/mol. The number of hydrogen-bond acceptors (Lipinski definition) is 7. The molecule has 1 aliphatic heterocycles. The molecular weight excluding hydrogens is 418 g/mol. The molecule has 0 unspecified atom stereocenters. The van der Waals surface area contributed by atoms with Gasteiger partial charge >= 0.3 is 5.97 Å². The molecule has 1 saturated heterocycles. The number of fused-ring (bicyclic) bond motifs is 1. The first-order valence-corrected chi connectivity index (χ1v) is 11.6. The zero-order valence-corrected chi connectivity index (χ0v) is 17.5. The van der Waals surface area contributed by atoms with Gasteiger partial charge < -0.3 is 9.15 Å². The van der Waals surface area contributed by atoms with Crippen molar-refractivity contribution in [3.63, 3.8) is 0 Å².